The molecule has 0 atom stereocenters. The summed E-state index contributed by atoms with van der Waals surface area (Å²) in [6.45, 7) is 1.69. The molecule has 3 heteroatoms. The maximum absolute atomic E-state index is 12.8. The third-order valence-electron chi connectivity index (χ3n) is 1.48. The van der Waals surface area contributed by atoms with Gasteiger partial charge in [0, 0.05) is 5.69 Å². The summed E-state index contributed by atoms with van der Waals surface area (Å²) in [6.07, 6.45) is 0. The van der Waals surface area contributed by atoms with Crippen molar-refractivity contribution in [3.05, 3.63) is 29.1 Å². The standard InChI is InChI=1S/C8H7FN2/c1-5-2-7(9)6(4-10)3-8(5)11/h2-3H,11H2,1H3. The first-order valence-corrected chi connectivity index (χ1v) is 3.11. The van der Waals surface area contributed by atoms with Gasteiger partial charge in [-0.25, -0.2) is 4.39 Å². The Hall–Kier alpha value is -1.56. The summed E-state index contributed by atoms with van der Waals surface area (Å²) in [4.78, 5) is 0. The second kappa shape index (κ2) is 2.59. The van der Waals surface area contributed by atoms with Crippen LogP contribution in [0.4, 0.5) is 10.1 Å². The molecule has 56 valence electrons. The van der Waals surface area contributed by atoms with Crippen molar-refractivity contribution in [1.82, 2.24) is 0 Å². The highest BCUT2D eigenvalue weighted by atomic mass is 19.1. The van der Waals surface area contributed by atoms with Gasteiger partial charge >= 0.3 is 0 Å². The molecule has 0 aliphatic carbocycles. The average Bonchev–Trinajstić information content (AvgIpc) is 1.97. The molecule has 0 unspecified atom stereocenters. The van der Waals surface area contributed by atoms with Crippen molar-refractivity contribution in [1.29, 1.82) is 5.26 Å². The Bertz CT molecular complexity index is 326. The van der Waals surface area contributed by atoms with Gasteiger partial charge in [-0.1, -0.05) is 0 Å². The monoisotopic (exact) mass is 150 g/mol. The van der Waals surface area contributed by atoms with E-state index in [1.54, 1.807) is 13.0 Å². The Morgan fingerprint density at radius 2 is 2.18 bits per heavy atom. The van der Waals surface area contributed by atoms with E-state index in [-0.39, 0.29) is 5.56 Å². The second-order valence-electron chi connectivity index (χ2n) is 2.30. The van der Waals surface area contributed by atoms with Gasteiger partial charge in [-0.05, 0) is 24.6 Å². The van der Waals surface area contributed by atoms with E-state index in [0.717, 1.165) is 0 Å². The number of nitrogens with two attached hydrogens (primary N) is 1. The quantitative estimate of drug-likeness (QED) is 0.571. The smallest absolute Gasteiger partial charge is 0.141 e. The van der Waals surface area contributed by atoms with E-state index in [1.165, 1.54) is 12.1 Å². The van der Waals surface area contributed by atoms with Crippen molar-refractivity contribution in [3.8, 4) is 6.07 Å². The van der Waals surface area contributed by atoms with E-state index in [0.29, 0.717) is 11.3 Å². The van der Waals surface area contributed by atoms with Crippen molar-refractivity contribution >= 4 is 5.69 Å². The van der Waals surface area contributed by atoms with E-state index >= 15 is 0 Å². The van der Waals surface area contributed by atoms with Gasteiger partial charge < -0.3 is 5.73 Å². The molecule has 0 radical (unpaired) electrons. The molecule has 1 rings (SSSR count). The van der Waals surface area contributed by atoms with Crippen molar-refractivity contribution in [2.75, 3.05) is 5.73 Å². The number of rotatable bonds is 0. The number of nitrogens with zero attached hydrogens (tertiary/aromatic N) is 1. The van der Waals surface area contributed by atoms with Crippen molar-refractivity contribution in [2.45, 2.75) is 6.92 Å². The first kappa shape index (κ1) is 7.55. The van der Waals surface area contributed by atoms with Crippen LogP contribution < -0.4 is 5.73 Å². The van der Waals surface area contributed by atoms with Gasteiger partial charge in [-0.15, -0.1) is 0 Å². The summed E-state index contributed by atoms with van der Waals surface area (Å²) in [7, 11) is 0. The van der Waals surface area contributed by atoms with Gasteiger partial charge in [-0.3, -0.25) is 0 Å². The van der Waals surface area contributed by atoms with E-state index in [1.807, 2.05) is 0 Å². The predicted molar refractivity (Wildman–Crippen MR) is 40.3 cm³/mol. The largest absolute Gasteiger partial charge is 0.398 e. The fourth-order valence-corrected chi connectivity index (χ4v) is 0.775. The zero-order chi connectivity index (χ0) is 8.43. The number of benzene rings is 1. The number of aryl methyl sites for hydroxylation is 1. The molecule has 0 saturated carbocycles. The minimum absolute atomic E-state index is 0.00639. The van der Waals surface area contributed by atoms with Crippen LogP contribution in [0.25, 0.3) is 0 Å². The number of nitriles is 1. The zero-order valence-corrected chi connectivity index (χ0v) is 6.06. The molecule has 0 aromatic heterocycles. The second-order valence-corrected chi connectivity index (χ2v) is 2.30. The minimum atomic E-state index is -0.515. The summed E-state index contributed by atoms with van der Waals surface area (Å²) < 4.78 is 12.8. The number of nitrogen functional groups attached to an aromatic ring is 1. The Morgan fingerprint density at radius 1 is 1.55 bits per heavy atom. The maximum Gasteiger partial charge on any atom is 0.141 e. The number of hydrogen-bond donors (Lipinski definition) is 1. The molecule has 2 N–H and O–H groups in total. The summed E-state index contributed by atoms with van der Waals surface area (Å²) in [6, 6.07) is 4.30. The summed E-state index contributed by atoms with van der Waals surface area (Å²) >= 11 is 0. The van der Waals surface area contributed by atoms with Gasteiger partial charge in [0.05, 0.1) is 5.56 Å². The molecule has 0 heterocycles. The Labute approximate surface area is 64.1 Å². The molecule has 0 saturated heterocycles. The van der Waals surface area contributed by atoms with E-state index in [9.17, 15) is 4.39 Å². The molecule has 2 nitrogen and oxygen atoms in total. The average molecular weight is 150 g/mol. The normalized spacial score (nSPS) is 9.18. The molecular formula is C8H7FN2. The summed E-state index contributed by atoms with van der Waals surface area (Å²) in [5.41, 5.74) is 6.54. The molecular weight excluding hydrogens is 143 g/mol. The van der Waals surface area contributed by atoms with Gasteiger partial charge in [0.2, 0.25) is 0 Å². The van der Waals surface area contributed by atoms with Gasteiger partial charge in [0.1, 0.15) is 11.9 Å². The molecule has 1 aromatic carbocycles. The molecule has 0 aliphatic rings. The lowest BCUT2D eigenvalue weighted by Gasteiger charge is -1.99. The molecule has 0 bridgehead atoms. The van der Waals surface area contributed by atoms with Gasteiger partial charge in [-0.2, -0.15) is 5.26 Å². The van der Waals surface area contributed by atoms with Crippen LogP contribution >= 0.6 is 0 Å². The predicted octanol–water partition coefficient (Wildman–Crippen LogP) is 1.59. The first-order valence-electron chi connectivity index (χ1n) is 3.11. The van der Waals surface area contributed by atoms with Crippen LogP contribution in [0.3, 0.4) is 0 Å². The van der Waals surface area contributed by atoms with Crippen LogP contribution in [-0.4, -0.2) is 0 Å². The molecule has 0 aliphatic heterocycles. The maximum atomic E-state index is 12.8. The van der Waals surface area contributed by atoms with Crippen molar-refractivity contribution in [2.24, 2.45) is 0 Å². The SMILES string of the molecule is Cc1cc(F)c(C#N)cc1N. The lowest BCUT2D eigenvalue weighted by molar-refractivity contribution is 0.623. The number of hydrogen-bond acceptors (Lipinski definition) is 2. The first-order chi connectivity index (χ1) is 5.15. The lowest BCUT2D eigenvalue weighted by Crippen LogP contribution is -1.93. The molecule has 0 spiro atoms. The zero-order valence-electron chi connectivity index (χ0n) is 6.06. The number of halogens is 1. The van der Waals surface area contributed by atoms with Gasteiger partial charge in [0.25, 0.3) is 0 Å². The highest BCUT2D eigenvalue weighted by molar-refractivity contribution is 5.51. The van der Waals surface area contributed by atoms with Crippen LogP contribution in [0.15, 0.2) is 12.1 Å². The van der Waals surface area contributed by atoms with Crippen LogP contribution in [0, 0.1) is 24.1 Å². The Balaban J connectivity index is 3.35. The van der Waals surface area contributed by atoms with E-state index in [2.05, 4.69) is 0 Å². The summed E-state index contributed by atoms with van der Waals surface area (Å²) in [5, 5.41) is 8.39. The molecule has 0 amide bonds. The Kier molecular flexibility index (Phi) is 1.77. The molecule has 0 fully saturated rings. The minimum Gasteiger partial charge on any atom is -0.398 e. The van der Waals surface area contributed by atoms with E-state index in [4.69, 9.17) is 11.0 Å². The highest BCUT2D eigenvalue weighted by Crippen LogP contribution is 2.15. The fraction of sp³-hybridized carbons (Fsp3) is 0.125. The van der Waals surface area contributed by atoms with Crippen molar-refractivity contribution in [3.63, 3.8) is 0 Å². The van der Waals surface area contributed by atoms with Crippen LogP contribution in [0.5, 0.6) is 0 Å². The third-order valence-corrected chi connectivity index (χ3v) is 1.48. The van der Waals surface area contributed by atoms with Crippen LogP contribution in [0.1, 0.15) is 11.1 Å². The van der Waals surface area contributed by atoms with Crippen LogP contribution in [0.2, 0.25) is 0 Å². The molecule has 11 heavy (non-hydrogen) atoms. The van der Waals surface area contributed by atoms with Gasteiger partial charge in [0.15, 0.2) is 0 Å². The summed E-state index contributed by atoms with van der Waals surface area (Å²) in [5.74, 6) is -0.515. The fourth-order valence-electron chi connectivity index (χ4n) is 0.775. The highest BCUT2D eigenvalue weighted by Gasteiger charge is 2.03. The molecule has 1 aromatic rings. The lowest BCUT2D eigenvalue weighted by atomic mass is 10.1. The van der Waals surface area contributed by atoms with E-state index < -0.39 is 5.82 Å². The van der Waals surface area contributed by atoms with Crippen LogP contribution in [-0.2, 0) is 0 Å². The third kappa shape index (κ3) is 1.30. The Morgan fingerprint density at radius 3 is 2.73 bits per heavy atom. The number of anilines is 1. The topological polar surface area (TPSA) is 49.8 Å². The van der Waals surface area contributed by atoms with Crippen molar-refractivity contribution < 1.29 is 4.39 Å².